The van der Waals surface area contributed by atoms with Gasteiger partial charge in [0, 0.05) is 11.6 Å². The molecule has 1 aliphatic carbocycles. The van der Waals surface area contributed by atoms with Crippen LogP contribution in [0.15, 0.2) is 4.99 Å². The summed E-state index contributed by atoms with van der Waals surface area (Å²) in [5, 5.41) is 0. The Labute approximate surface area is 88.0 Å². The van der Waals surface area contributed by atoms with Crippen molar-refractivity contribution in [1.82, 2.24) is 0 Å². The van der Waals surface area contributed by atoms with Gasteiger partial charge in [-0.15, -0.1) is 0 Å². The van der Waals surface area contributed by atoms with Crippen LogP contribution in [-0.2, 0) is 0 Å². The first-order valence-electron chi connectivity index (χ1n) is 6.08. The summed E-state index contributed by atoms with van der Waals surface area (Å²) in [4.78, 5) is 4.63. The van der Waals surface area contributed by atoms with E-state index in [0.717, 1.165) is 17.8 Å². The zero-order chi connectivity index (χ0) is 10.5. The molecule has 0 bridgehead atoms. The van der Waals surface area contributed by atoms with Crippen molar-refractivity contribution in [2.75, 3.05) is 0 Å². The summed E-state index contributed by atoms with van der Waals surface area (Å²) < 4.78 is 0. The predicted molar refractivity (Wildman–Crippen MR) is 61.7 cm³/mol. The molecule has 2 aliphatic rings. The van der Waals surface area contributed by atoms with Crippen LogP contribution >= 0.6 is 0 Å². The third-order valence-electron chi connectivity index (χ3n) is 4.15. The fourth-order valence-corrected chi connectivity index (χ4v) is 3.28. The molecule has 1 heteroatoms. The molecule has 0 amide bonds. The SMILES string of the molecule is CCC(CC)C1C2=NC2C1C(C)(C)C. The second-order valence-electron chi connectivity index (χ2n) is 5.99. The molecule has 0 spiro atoms. The Morgan fingerprint density at radius 2 is 1.79 bits per heavy atom. The van der Waals surface area contributed by atoms with E-state index in [1.165, 1.54) is 12.8 Å². The molecule has 0 saturated heterocycles. The second kappa shape index (κ2) is 3.08. The van der Waals surface area contributed by atoms with Gasteiger partial charge in [-0.25, -0.2) is 0 Å². The molecule has 1 heterocycles. The van der Waals surface area contributed by atoms with E-state index in [4.69, 9.17) is 0 Å². The summed E-state index contributed by atoms with van der Waals surface area (Å²) in [5.74, 6) is 2.55. The van der Waals surface area contributed by atoms with Gasteiger partial charge in [-0.1, -0.05) is 47.5 Å². The predicted octanol–water partition coefficient (Wildman–Crippen LogP) is 3.54. The van der Waals surface area contributed by atoms with E-state index in [1.54, 1.807) is 5.71 Å². The van der Waals surface area contributed by atoms with Crippen molar-refractivity contribution in [2.24, 2.45) is 28.2 Å². The number of fused-ring (bicyclic) bond motifs is 1. The monoisotopic (exact) mass is 193 g/mol. The van der Waals surface area contributed by atoms with Crippen LogP contribution in [0, 0.1) is 23.2 Å². The van der Waals surface area contributed by atoms with Crippen LogP contribution in [0.5, 0.6) is 0 Å². The van der Waals surface area contributed by atoms with Crippen LogP contribution in [0.3, 0.4) is 0 Å². The fourth-order valence-electron chi connectivity index (χ4n) is 3.28. The minimum atomic E-state index is 0.446. The van der Waals surface area contributed by atoms with Crippen LogP contribution < -0.4 is 0 Å². The van der Waals surface area contributed by atoms with Crippen molar-refractivity contribution >= 4 is 5.71 Å². The number of hydrogen-bond donors (Lipinski definition) is 0. The lowest BCUT2D eigenvalue weighted by molar-refractivity contribution is 0.124. The van der Waals surface area contributed by atoms with Crippen LogP contribution in [-0.4, -0.2) is 11.8 Å². The molecular formula is C13H23N. The Balaban J connectivity index is 2.08. The summed E-state index contributed by atoms with van der Waals surface area (Å²) in [6, 6.07) is 0.667. The molecule has 2 rings (SSSR count). The Bertz CT molecular complexity index is 255. The topological polar surface area (TPSA) is 12.4 Å². The standard InChI is InChI=1S/C13H23N/c1-6-8(7-2)9-10(13(3,4)5)12-11(9)14-12/h8-10,12H,6-7H2,1-5H3. The molecule has 1 aliphatic heterocycles. The number of hydrogen-bond acceptors (Lipinski definition) is 1. The van der Waals surface area contributed by atoms with Gasteiger partial charge in [0.2, 0.25) is 0 Å². The molecule has 0 aromatic carbocycles. The third kappa shape index (κ3) is 1.32. The zero-order valence-electron chi connectivity index (χ0n) is 10.2. The van der Waals surface area contributed by atoms with E-state index in [0.29, 0.717) is 11.5 Å². The first-order chi connectivity index (χ1) is 6.50. The van der Waals surface area contributed by atoms with Gasteiger partial charge in [-0.3, -0.25) is 4.99 Å². The Morgan fingerprint density at radius 3 is 2.21 bits per heavy atom. The molecule has 3 atom stereocenters. The molecule has 14 heavy (non-hydrogen) atoms. The van der Waals surface area contributed by atoms with Gasteiger partial charge in [0.1, 0.15) is 0 Å². The lowest BCUT2D eigenvalue weighted by Gasteiger charge is -2.45. The van der Waals surface area contributed by atoms with Gasteiger partial charge in [0.15, 0.2) is 0 Å². The minimum absolute atomic E-state index is 0.446. The lowest BCUT2D eigenvalue weighted by atomic mass is 9.56. The Morgan fingerprint density at radius 1 is 1.21 bits per heavy atom. The molecule has 1 saturated carbocycles. The summed E-state index contributed by atoms with van der Waals surface area (Å²) in [6.07, 6.45) is 2.64. The summed E-state index contributed by atoms with van der Waals surface area (Å²) in [7, 11) is 0. The van der Waals surface area contributed by atoms with E-state index >= 15 is 0 Å². The average molecular weight is 193 g/mol. The smallest absolute Gasteiger partial charge is 0.0919 e. The van der Waals surface area contributed by atoms with E-state index < -0.39 is 0 Å². The first kappa shape index (κ1) is 10.2. The van der Waals surface area contributed by atoms with Crippen LogP contribution in [0.25, 0.3) is 0 Å². The van der Waals surface area contributed by atoms with Crippen LogP contribution in [0.2, 0.25) is 0 Å². The van der Waals surface area contributed by atoms with E-state index in [9.17, 15) is 0 Å². The van der Waals surface area contributed by atoms with E-state index in [1.807, 2.05) is 0 Å². The summed E-state index contributed by atoms with van der Waals surface area (Å²) >= 11 is 0. The van der Waals surface area contributed by atoms with E-state index in [2.05, 4.69) is 39.6 Å². The van der Waals surface area contributed by atoms with Crippen molar-refractivity contribution in [2.45, 2.75) is 53.5 Å². The van der Waals surface area contributed by atoms with Crippen molar-refractivity contribution in [3.63, 3.8) is 0 Å². The minimum Gasteiger partial charge on any atom is -0.282 e. The molecule has 80 valence electrons. The molecule has 1 fully saturated rings. The Hall–Kier alpha value is -0.330. The van der Waals surface area contributed by atoms with E-state index in [-0.39, 0.29) is 0 Å². The highest BCUT2D eigenvalue weighted by atomic mass is 15.1. The number of nitrogens with zero attached hydrogens (tertiary/aromatic N) is 1. The molecule has 0 aromatic heterocycles. The van der Waals surface area contributed by atoms with Crippen molar-refractivity contribution in [3.05, 3.63) is 0 Å². The lowest BCUT2D eigenvalue weighted by Crippen LogP contribution is -2.49. The van der Waals surface area contributed by atoms with Gasteiger partial charge in [-0.2, -0.15) is 0 Å². The quantitative estimate of drug-likeness (QED) is 0.650. The van der Waals surface area contributed by atoms with Crippen LogP contribution in [0.4, 0.5) is 0 Å². The molecule has 0 aromatic rings. The maximum atomic E-state index is 4.63. The van der Waals surface area contributed by atoms with Gasteiger partial charge < -0.3 is 0 Å². The van der Waals surface area contributed by atoms with Gasteiger partial charge in [0.25, 0.3) is 0 Å². The maximum absolute atomic E-state index is 4.63. The highest BCUT2D eigenvalue weighted by Gasteiger charge is 2.61. The molecule has 1 nitrogen and oxygen atoms in total. The first-order valence-corrected chi connectivity index (χ1v) is 6.08. The van der Waals surface area contributed by atoms with Crippen LogP contribution in [0.1, 0.15) is 47.5 Å². The molecule has 0 N–H and O–H groups in total. The number of aliphatic imine (C=N–C) groups is 1. The highest BCUT2D eigenvalue weighted by Crippen LogP contribution is 2.56. The molecular weight excluding hydrogens is 170 g/mol. The zero-order valence-corrected chi connectivity index (χ0v) is 10.2. The Kier molecular flexibility index (Phi) is 2.24. The summed E-state index contributed by atoms with van der Waals surface area (Å²) in [5.41, 5.74) is 2.00. The maximum Gasteiger partial charge on any atom is 0.0919 e. The average Bonchev–Trinajstić information content (AvgIpc) is 2.71. The largest absolute Gasteiger partial charge is 0.282 e. The summed E-state index contributed by atoms with van der Waals surface area (Å²) in [6.45, 7) is 11.8. The fraction of sp³-hybridized carbons (Fsp3) is 0.923. The highest BCUT2D eigenvalue weighted by molar-refractivity contribution is 6.09. The molecule has 0 radical (unpaired) electrons. The van der Waals surface area contributed by atoms with Gasteiger partial charge >= 0.3 is 0 Å². The van der Waals surface area contributed by atoms with Crippen molar-refractivity contribution in [1.29, 1.82) is 0 Å². The van der Waals surface area contributed by atoms with Gasteiger partial charge in [0.05, 0.1) is 6.04 Å². The molecule has 3 unspecified atom stereocenters. The second-order valence-corrected chi connectivity index (χ2v) is 5.99. The van der Waals surface area contributed by atoms with Crippen molar-refractivity contribution in [3.8, 4) is 0 Å². The van der Waals surface area contributed by atoms with Gasteiger partial charge in [-0.05, 0) is 17.3 Å². The third-order valence-corrected chi connectivity index (χ3v) is 4.15. The normalized spacial score (nSPS) is 35.0. The van der Waals surface area contributed by atoms with Crippen molar-refractivity contribution < 1.29 is 0 Å². The number of rotatable bonds is 3.